The highest BCUT2D eigenvalue weighted by molar-refractivity contribution is 6.21. The van der Waals surface area contributed by atoms with Crippen LogP contribution in [0.2, 0.25) is 0 Å². The molecule has 0 aliphatic carbocycles. The van der Waals surface area contributed by atoms with Gasteiger partial charge in [-0.1, -0.05) is 42.2 Å². The van der Waals surface area contributed by atoms with Crippen LogP contribution in [0.15, 0.2) is 54.6 Å². The Kier molecular flexibility index (Phi) is 3.06. The zero-order valence-corrected chi connectivity index (χ0v) is 10.7. The molecule has 1 aliphatic rings. The highest BCUT2D eigenvalue weighted by Crippen LogP contribution is 2.21. The molecule has 2 aromatic carbocycles. The van der Waals surface area contributed by atoms with Crippen LogP contribution in [0.3, 0.4) is 0 Å². The van der Waals surface area contributed by atoms with Gasteiger partial charge in [0.15, 0.2) is 0 Å². The summed E-state index contributed by atoms with van der Waals surface area (Å²) in [5.74, 6) is 5.28. The summed E-state index contributed by atoms with van der Waals surface area (Å²) in [5, 5.41) is 0. The minimum absolute atomic E-state index is 0.112. The molecule has 0 radical (unpaired) electrons. The van der Waals surface area contributed by atoms with E-state index in [1.54, 1.807) is 24.3 Å². The van der Waals surface area contributed by atoms with E-state index < -0.39 is 0 Å². The van der Waals surface area contributed by atoms with E-state index in [2.05, 4.69) is 11.8 Å². The summed E-state index contributed by atoms with van der Waals surface area (Å²) >= 11 is 0. The molecule has 3 rings (SSSR count). The molecule has 0 N–H and O–H groups in total. The van der Waals surface area contributed by atoms with Crippen molar-refractivity contribution in [3.05, 3.63) is 71.3 Å². The number of rotatable bonds is 1. The molecule has 2 aromatic rings. The Bertz CT molecular complexity index is 703. The number of carbonyl (C=O) groups excluding carboxylic acids is 2. The Labute approximate surface area is 116 Å². The Morgan fingerprint density at radius 2 is 1.35 bits per heavy atom. The molecule has 0 fully saturated rings. The lowest BCUT2D eigenvalue weighted by Gasteiger charge is -2.08. The zero-order chi connectivity index (χ0) is 13.9. The van der Waals surface area contributed by atoms with Gasteiger partial charge in [-0.25, -0.2) is 0 Å². The second-order valence-electron chi connectivity index (χ2n) is 4.41. The molecule has 3 nitrogen and oxygen atoms in total. The first-order chi connectivity index (χ1) is 9.77. The maximum Gasteiger partial charge on any atom is 0.262 e. The lowest BCUT2D eigenvalue weighted by atomic mass is 10.1. The third-order valence-electron chi connectivity index (χ3n) is 3.12. The lowest BCUT2D eigenvalue weighted by Crippen LogP contribution is -2.29. The quantitative estimate of drug-likeness (QED) is 0.583. The summed E-state index contributed by atoms with van der Waals surface area (Å²) in [7, 11) is 0. The number of benzene rings is 2. The molecule has 3 heteroatoms. The van der Waals surface area contributed by atoms with Gasteiger partial charge in [0, 0.05) is 5.56 Å². The van der Waals surface area contributed by atoms with Crippen molar-refractivity contribution in [1.29, 1.82) is 0 Å². The van der Waals surface area contributed by atoms with Crippen molar-refractivity contribution in [2.24, 2.45) is 0 Å². The van der Waals surface area contributed by atoms with E-state index in [4.69, 9.17) is 0 Å². The molecule has 0 atom stereocenters. The molecule has 1 heterocycles. The SMILES string of the molecule is O=C1c2ccccc2C(=O)N1CC#Cc1ccccc1. The predicted octanol–water partition coefficient (Wildman–Crippen LogP) is 2.33. The molecule has 0 aromatic heterocycles. The van der Waals surface area contributed by atoms with Crippen molar-refractivity contribution in [3.8, 4) is 11.8 Å². The van der Waals surface area contributed by atoms with Crippen LogP contribution in [-0.2, 0) is 0 Å². The second-order valence-corrected chi connectivity index (χ2v) is 4.41. The minimum atomic E-state index is -0.270. The van der Waals surface area contributed by atoms with Gasteiger partial charge >= 0.3 is 0 Å². The van der Waals surface area contributed by atoms with Gasteiger partial charge < -0.3 is 0 Å². The number of nitrogens with zero attached hydrogens (tertiary/aromatic N) is 1. The summed E-state index contributed by atoms with van der Waals surface area (Å²) in [6, 6.07) is 16.3. The predicted molar refractivity (Wildman–Crippen MR) is 75.1 cm³/mol. The maximum atomic E-state index is 12.1. The van der Waals surface area contributed by atoms with Gasteiger partial charge in [-0.05, 0) is 24.3 Å². The van der Waals surface area contributed by atoms with Gasteiger partial charge in [0.05, 0.1) is 17.7 Å². The van der Waals surface area contributed by atoms with Gasteiger partial charge in [-0.3, -0.25) is 14.5 Å². The molecule has 2 amide bonds. The standard InChI is InChI=1S/C17H11NO2/c19-16-14-10-4-5-11-15(14)17(20)18(16)12-6-9-13-7-2-1-3-8-13/h1-5,7-8,10-11H,12H2. The number of fused-ring (bicyclic) bond motifs is 1. The van der Waals surface area contributed by atoms with Crippen LogP contribution in [0.1, 0.15) is 26.3 Å². The molecular formula is C17H11NO2. The average molecular weight is 261 g/mol. The van der Waals surface area contributed by atoms with E-state index in [-0.39, 0.29) is 18.4 Å². The van der Waals surface area contributed by atoms with Crippen LogP contribution in [0.5, 0.6) is 0 Å². The van der Waals surface area contributed by atoms with E-state index in [1.165, 1.54) is 4.90 Å². The number of amides is 2. The molecule has 1 aliphatic heterocycles. The monoisotopic (exact) mass is 261 g/mol. The highest BCUT2D eigenvalue weighted by Gasteiger charge is 2.34. The molecule has 20 heavy (non-hydrogen) atoms. The van der Waals surface area contributed by atoms with Gasteiger partial charge in [0.2, 0.25) is 0 Å². The van der Waals surface area contributed by atoms with Crippen LogP contribution >= 0.6 is 0 Å². The zero-order valence-electron chi connectivity index (χ0n) is 10.7. The summed E-state index contributed by atoms with van der Waals surface area (Å²) < 4.78 is 0. The summed E-state index contributed by atoms with van der Waals surface area (Å²) in [6.07, 6.45) is 0. The topological polar surface area (TPSA) is 37.4 Å². The van der Waals surface area contributed by atoms with E-state index in [0.29, 0.717) is 11.1 Å². The Morgan fingerprint density at radius 3 is 1.95 bits per heavy atom. The Morgan fingerprint density at radius 1 is 0.800 bits per heavy atom. The van der Waals surface area contributed by atoms with Crippen molar-refractivity contribution in [3.63, 3.8) is 0 Å². The van der Waals surface area contributed by atoms with Gasteiger partial charge in [0.1, 0.15) is 0 Å². The third kappa shape index (κ3) is 2.08. The molecule has 0 saturated carbocycles. The summed E-state index contributed by atoms with van der Waals surface area (Å²) in [6.45, 7) is 0.112. The van der Waals surface area contributed by atoms with Crippen molar-refractivity contribution >= 4 is 11.8 Å². The van der Waals surface area contributed by atoms with Gasteiger partial charge in [-0.2, -0.15) is 0 Å². The fourth-order valence-corrected chi connectivity index (χ4v) is 2.12. The van der Waals surface area contributed by atoms with Crippen molar-refractivity contribution in [2.75, 3.05) is 6.54 Å². The number of hydrogen-bond acceptors (Lipinski definition) is 2. The number of carbonyl (C=O) groups is 2. The summed E-state index contributed by atoms with van der Waals surface area (Å²) in [5.41, 5.74) is 1.78. The molecule has 0 unspecified atom stereocenters. The molecule has 0 saturated heterocycles. The molecule has 0 bridgehead atoms. The molecular weight excluding hydrogens is 250 g/mol. The van der Waals surface area contributed by atoms with Gasteiger partial charge in [0.25, 0.3) is 11.8 Å². The van der Waals surface area contributed by atoms with E-state index >= 15 is 0 Å². The first kappa shape index (κ1) is 12.2. The van der Waals surface area contributed by atoms with E-state index in [0.717, 1.165) is 5.56 Å². The normalized spacial score (nSPS) is 12.9. The minimum Gasteiger partial charge on any atom is -0.269 e. The van der Waals surface area contributed by atoms with Crippen LogP contribution < -0.4 is 0 Å². The van der Waals surface area contributed by atoms with Crippen molar-refractivity contribution < 1.29 is 9.59 Å². The number of hydrogen-bond donors (Lipinski definition) is 0. The molecule has 96 valence electrons. The fraction of sp³-hybridized carbons (Fsp3) is 0.0588. The largest absolute Gasteiger partial charge is 0.269 e. The van der Waals surface area contributed by atoms with Crippen molar-refractivity contribution in [1.82, 2.24) is 4.90 Å². The third-order valence-corrected chi connectivity index (χ3v) is 3.12. The van der Waals surface area contributed by atoms with Crippen LogP contribution in [0.25, 0.3) is 0 Å². The van der Waals surface area contributed by atoms with Crippen LogP contribution in [0.4, 0.5) is 0 Å². The van der Waals surface area contributed by atoms with Crippen LogP contribution in [-0.4, -0.2) is 23.3 Å². The first-order valence-corrected chi connectivity index (χ1v) is 6.26. The fourth-order valence-electron chi connectivity index (χ4n) is 2.12. The number of imide groups is 1. The van der Waals surface area contributed by atoms with Gasteiger partial charge in [-0.15, -0.1) is 0 Å². The molecule has 0 spiro atoms. The van der Waals surface area contributed by atoms with Crippen molar-refractivity contribution in [2.45, 2.75) is 0 Å². The lowest BCUT2D eigenvalue weighted by molar-refractivity contribution is 0.0675. The van der Waals surface area contributed by atoms with Crippen LogP contribution in [0, 0.1) is 11.8 Å². The van der Waals surface area contributed by atoms with E-state index in [9.17, 15) is 9.59 Å². The first-order valence-electron chi connectivity index (χ1n) is 6.26. The highest BCUT2D eigenvalue weighted by atomic mass is 16.2. The Hall–Kier alpha value is -2.86. The smallest absolute Gasteiger partial charge is 0.262 e. The Balaban J connectivity index is 1.80. The second kappa shape index (κ2) is 5.02. The average Bonchev–Trinajstić information content (AvgIpc) is 2.74. The van der Waals surface area contributed by atoms with E-state index in [1.807, 2.05) is 30.3 Å². The summed E-state index contributed by atoms with van der Waals surface area (Å²) in [4.78, 5) is 25.4. The maximum absolute atomic E-state index is 12.1.